The van der Waals surface area contributed by atoms with Crippen LogP contribution in [0.4, 0.5) is 5.82 Å². The topological polar surface area (TPSA) is 28.2 Å². The molecule has 1 saturated carbocycles. The Kier molecular flexibility index (Phi) is 6.11. The van der Waals surface area contributed by atoms with E-state index in [1.54, 1.807) is 0 Å². The molecule has 1 aromatic rings. The van der Waals surface area contributed by atoms with Gasteiger partial charge >= 0.3 is 0 Å². The third-order valence-corrected chi connectivity index (χ3v) is 4.37. The average molecular weight is 296 g/mol. The van der Waals surface area contributed by atoms with Crippen LogP contribution in [0, 0.1) is 5.92 Å². The van der Waals surface area contributed by atoms with Gasteiger partial charge in [-0.1, -0.05) is 31.4 Å². The fraction of sp³-hybridized carbons (Fsp3) is 0.688. The first-order valence-electron chi connectivity index (χ1n) is 7.78. The molecule has 1 aromatic heterocycles. The van der Waals surface area contributed by atoms with Crippen molar-refractivity contribution in [3.63, 3.8) is 0 Å². The third kappa shape index (κ3) is 4.35. The third-order valence-electron chi connectivity index (χ3n) is 4.02. The summed E-state index contributed by atoms with van der Waals surface area (Å²) in [6.45, 7) is 5.02. The van der Waals surface area contributed by atoms with Crippen LogP contribution < -0.4 is 10.2 Å². The second-order valence-corrected chi connectivity index (χ2v) is 6.21. The van der Waals surface area contributed by atoms with E-state index >= 15 is 0 Å². The number of pyridine rings is 1. The number of nitrogens with zero attached hydrogens (tertiary/aromatic N) is 2. The van der Waals surface area contributed by atoms with E-state index in [0.29, 0.717) is 0 Å². The molecular formula is C16H26ClN3. The summed E-state index contributed by atoms with van der Waals surface area (Å²) in [6, 6.07) is 4.00. The van der Waals surface area contributed by atoms with E-state index in [9.17, 15) is 0 Å². The van der Waals surface area contributed by atoms with E-state index in [4.69, 9.17) is 16.6 Å². The van der Waals surface area contributed by atoms with Crippen molar-refractivity contribution in [2.45, 2.75) is 45.6 Å². The molecule has 2 rings (SSSR count). The Morgan fingerprint density at radius 3 is 2.80 bits per heavy atom. The largest absolute Gasteiger partial charge is 0.359 e. The molecule has 1 fully saturated rings. The minimum atomic E-state index is 0.748. The predicted octanol–water partition coefficient (Wildman–Crippen LogP) is 3.86. The standard InChI is InChI=1S/C16H26ClN3/c1-3-10-18-11-15-14(17)8-9-16(19-15)20(2)12-13-6-4-5-7-13/h8-9,13,18H,3-7,10-12H2,1-2H3. The molecule has 1 N–H and O–H groups in total. The number of hydrogen-bond acceptors (Lipinski definition) is 3. The van der Waals surface area contributed by atoms with Gasteiger partial charge in [-0.3, -0.25) is 0 Å². The maximum atomic E-state index is 6.23. The van der Waals surface area contributed by atoms with E-state index in [2.05, 4.69) is 24.2 Å². The fourth-order valence-electron chi connectivity index (χ4n) is 2.87. The molecule has 1 aliphatic rings. The van der Waals surface area contributed by atoms with Gasteiger partial charge in [0.15, 0.2) is 0 Å². The Morgan fingerprint density at radius 1 is 1.35 bits per heavy atom. The summed E-state index contributed by atoms with van der Waals surface area (Å²) in [6.07, 6.45) is 6.63. The lowest BCUT2D eigenvalue weighted by Gasteiger charge is -2.22. The van der Waals surface area contributed by atoms with Crippen molar-refractivity contribution >= 4 is 17.4 Å². The van der Waals surface area contributed by atoms with Gasteiger partial charge in [-0.05, 0) is 43.9 Å². The Labute approximate surface area is 127 Å². The molecule has 0 atom stereocenters. The van der Waals surface area contributed by atoms with Gasteiger partial charge in [0.25, 0.3) is 0 Å². The SMILES string of the molecule is CCCNCc1nc(N(C)CC2CCCC2)ccc1Cl. The van der Waals surface area contributed by atoms with Crippen LogP contribution in [-0.2, 0) is 6.54 Å². The molecular weight excluding hydrogens is 270 g/mol. The first-order chi connectivity index (χ1) is 9.70. The Balaban J connectivity index is 1.97. The molecule has 3 nitrogen and oxygen atoms in total. The number of rotatable bonds is 7. The average Bonchev–Trinajstić information content (AvgIpc) is 2.94. The number of halogens is 1. The highest BCUT2D eigenvalue weighted by Crippen LogP contribution is 2.27. The maximum Gasteiger partial charge on any atom is 0.128 e. The molecule has 20 heavy (non-hydrogen) atoms. The highest BCUT2D eigenvalue weighted by Gasteiger charge is 2.17. The molecule has 0 bridgehead atoms. The molecule has 0 aliphatic heterocycles. The summed E-state index contributed by atoms with van der Waals surface area (Å²) in [5.41, 5.74) is 0.955. The maximum absolute atomic E-state index is 6.23. The van der Waals surface area contributed by atoms with E-state index in [1.807, 2.05) is 12.1 Å². The molecule has 0 radical (unpaired) electrons. The van der Waals surface area contributed by atoms with Gasteiger partial charge in [-0.2, -0.15) is 0 Å². The zero-order chi connectivity index (χ0) is 14.4. The highest BCUT2D eigenvalue weighted by molar-refractivity contribution is 6.31. The minimum absolute atomic E-state index is 0.748. The smallest absolute Gasteiger partial charge is 0.128 e. The molecule has 0 amide bonds. The Hall–Kier alpha value is -0.800. The monoisotopic (exact) mass is 295 g/mol. The van der Waals surface area contributed by atoms with Crippen molar-refractivity contribution < 1.29 is 0 Å². The normalized spacial score (nSPS) is 15.8. The van der Waals surface area contributed by atoms with Crippen LogP contribution in [0.1, 0.15) is 44.7 Å². The van der Waals surface area contributed by atoms with Crippen molar-refractivity contribution in [2.24, 2.45) is 5.92 Å². The molecule has 1 heterocycles. The zero-order valence-corrected chi connectivity index (χ0v) is 13.4. The fourth-order valence-corrected chi connectivity index (χ4v) is 3.04. The molecule has 0 unspecified atom stereocenters. The first kappa shape index (κ1) is 15.6. The number of nitrogens with one attached hydrogen (secondary N) is 1. The van der Waals surface area contributed by atoms with E-state index in [1.165, 1.54) is 25.7 Å². The summed E-state index contributed by atoms with van der Waals surface area (Å²) in [4.78, 5) is 6.99. The summed E-state index contributed by atoms with van der Waals surface area (Å²) < 4.78 is 0. The van der Waals surface area contributed by atoms with Crippen LogP contribution in [0.2, 0.25) is 5.02 Å². The second kappa shape index (κ2) is 7.84. The second-order valence-electron chi connectivity index (χ2n) is 5.81. The van der Waals surface area contributed by atoms with Crippen molar-refractivity contribution in [1.82, 2.24) is 10.3 Å². The minimum Gasteiger partial charge on any atom is -0.359 e. The van der Waals surface area contributed by atoms with Gasteiger partial charge in [0.1, 0.15) is 5.82 Å². The molecule has 0 aromatic carbocycles. The molecule has 1 aliphatic carbocycles. The zero-order valence-electron chi connectivity index (χ0n) is 12.7. The van der Waals surface area contributed by atoms with Gasteiger partial charge in [-0.15, -0.1) is 0 Å². The van der Waals surface area contributed by atoms with Crippen LogP contribution in [-0.4, -0.2) is 25.1 Å². The van der Waals surface area contributed by atoms with Gasteiger partial charge in [0, 0.05) is 20.1 Å². The highest BCUT2D eigenvalue weighted by atomic mass is 35.5. The van der Waals surface area contributed by atoms with Crippen molar-refractivity contribution in [1.29, 1.82) is 0 Å². The lowest BCUT2D eigenvalue weighted by Crippen LogP contribution is -2.25. The van der Waals surface area contributed by atoms with E-state index < -0.39 is 0 Å². The summed E-state index contributed by atoms with van der Waals surface area (Å²) in [7, 11) is 2.14. The van der Waals surface area contributed by atoms with Gasteiger partial charge < -0.3 is 10.2 Å². The van der Waals surface area contributed by atoms with Crippen LogP contribution in [0.25, 0.3) is 0 Å². The van der Waals surface area contributed by atoms with Crippen LogP contribution in [0.15, 0.2) is 12.1 Å². The van der Waals surface area contributed by atoms with Crippen molar-refractivity contribution in [3.8, 4) is 0 Å². The quantitative estimate of drug-likeness (QED) is 0.774. The van der Waals surface area contributed by atoms with Gasteiger partial charge in [0.2, 0.25) is 0 Å². The van der Waals surface area contributed by atoms with E-state index in [0.717, 1.165) is 48.5 Å². The number of hydrogen-bond donors (Lipinski definition) is 1. The van der Waals surface area contributed by atoms with Crippen molar-refractivity contribution in [3.05, 3.63) is 22.8 Å². The van der Waals surface area contributed by atoms with Crippen LogP contribution in [0.3, 0.4) is 0 Å². The number of aromatic nitrogens is 1. The summed E-state index contributed by atoms with van der Waals surface area (Å²) in [5, 5.41) is 4.12. The summed E-state index contributed by atoms with van der Waals surface area (Å²) >= 11 is 6.23. The Morgan fingerprint density at radius 2 is 2.10 bits per heavy atom. The van der Waals surface area contributed by atoms with Gasteiger partial charge in [-0.25, -0.2) is 4.98 Å². The summed E-state index contributed by atoms with van der Waals surface area (Å²) in [5.74, 6) is 1.87. The lowest BCUT2D eigenvalue weighted by atomic mass is 10.1. The van der Waals surface area contributed by atoms with Gasteiger partial charge in [0.05, 0.1) is 10.7 Å². The Bertz CT molecular complexity index is 416. The molecule has 4 heteroatoms. The molecule has 112 valence electrons. The van der Waals surface area contributed by atoms with Crippen LogP contribution >= 0.6 is 11.6 Å². The van der Waals surface area contributed by atoms with Crippen molar-refractivity contribution in [2.75, 3.05) is 25.0 Å². The van der Waals surface area contributed by atoms with Crippen LogP contribution in [0.5, 0.6) is 0 Å². The van der Waals surface area contributed by atoms with E-state index in [-0.39, 0.29) is 0 Å². The predicted molar refractivity (Wildman–Crippen MR) is 86.5 cm³/mol. The lowest BCUT2D eigenvalue weighted by molar-refractivity contribution is 0.544. The number of anilines is 1. The molecule has 0 saturated heterocycles. The first-order valence-corrected chi connectivity index (χ1v) is 8.15. The molecule has 0 spiro atoms.